The maximum absolute atomic E-state index is 12.5. The first kappa shape index (κ1) is 22.0. The van der Waals surface area contributed by atoms with Gasteiger partial charge in [-0.1, -0.05) is 42.8 Å². The van der Waals surface area contributed by atoms with Crippen molar-refractivity contribution in [2.45, 2.75) is 33.1 Å². The van der Waals surface area contributed by atoms with E-state index in [0.29, 0.717) is 23.4 Å². The van der Waals surface area contributed by atoms with E-state index in [9.17, 15) is 9.59 Å². The average molecular weight is 463 g/mol. The molecule has 148 valence electrons. The lowest BCUT2D eigenvalue weighted by molar-refractivity contribution is 0.0526. The maximum atomic E-state index is 12.5. The molecule has 0 radical (unpaired) electrons. The maximum Gasteiger partial charge on any atom is 0.338 e. The number of carbonyl (C=O) groups excluding carboxylic acids is 2. The molecule has 0 aliphatic carbocycles. The van der Waals surface area contributed by atoms with Crippen molar-refractivity contribution in [2.75, 3.05) is 11.9 Å². The number of anilines is 1. The van der Waals surface area contributed by atoms with E-state index >= 15 is 0 Å². The molecule has 0 bridgehead atoms. The summed E-state index contributed by atoms with van der Waals surface area (Å²) >= 11 is 8.74. The van der Waals surface area contributed by atoms with Gasteiger partial charge in [-0.3, -0.25) is 10.1 Å². The van der Waals surface area contributed by atoms with Gasteiger partial charge in [0, 0.05) is 15.7 Å². The van der Waals surface area contributed by atoms with Crippen LogP contribution in [0.25, 0.3) is 0 Å². The lowest BCUT2D eigenvalue weighted by atomic mass is 9.86. The summed E-state index contributed by atoms with van der Waals surface area (Å²) in [6.07, 6.45) is 0. The predicted molar refractivity (Wildman–Crippen MR) is 119 cm³/mol. The molecule has 0 unspecified atom stereocenters. The Hall–Kier alpha value is -2.25. The highest BCUT2D eigenvalue weighted by Crippen LogP contribution is 2.30. The van der Waals surface area contributed by atoms with Gasteiger partial charge in [0.25, 0.3) is 5.91 Å². The van der Waals surface area contributed by atoms with Gasteiger partial charge in [0.15, 0.2) is 5.11 Å². The second-order valence-corrected chi connectivity index (χ2v) is 8.41. The summed E-state index contributed by atoms with van der Waals surface area (Å²) < 4.78 is 5.82. The van der Waals surface area contributed by atoms with Gasteiger partial charge in [-0.15, -0.1) is 0 Å². The van der Waals surface area contributed by atoms with Gasteiger partial charge in [-0.25, -0.2) is 4.79 Å². The van der Waals surface area contributed by atoms with Crippen LogP contribution in [-0.2, 0) is 10.2 Å². The van der Waals surface area contributed by atoms with Crippen molar-refractivity contribution < 1.29 is 14.3 Å². The predicted octanol–water partition coefficient (Wildman–Crippen LogP) is 5.05. The number of rotatable bonds is 4. The molecule has 2 aromatic carbocycles. The first-order valence-electron chi connectivity index (χ1n) is 8.81. The molecule has 7 heteroatoms. The molecule has 2 rings (SSSR count). The van der Waals surface area contributed by atoms with Crippen LogP contribution in [0.3, 0.4) is 0 Å². The summed E-state index contributed by atoms with van der Waals surface area (Å²) in [7, 11) is 0. The van der Waals surface area contributed by atoms with Gasteiger partial charge < -0.3 is 10.1 Å². The monoisotopic (exact) mass is 462 g/mol. The van der Waals surface area contributed by atoms with Crippen LogP contribution in [0.1, 0.15) is 54.0 Å². The molecule has 0 aliphatic heterocycles. The number of hydrogen-bond donors (Lipinski definition) is 2. The Labute approximate surface area is 179 Å². The SMILES string of the molecule is CCOC(=O)c1ccc(NC(=S)NC(=O)c2ccc(C(C)(C)C)c(Br)c2)cc1. The molecule has 0 spiro atoms. The second kappa shape index (κ2) is 9.30. The van der Waals surface area contributed by atoms with E-state index in [1.165, 1.54) is 0 Å². The standard InChI is InChI=1S/C21H23BrN2O3S/c1-5-27-19(26)13-6-9-15(10-7-13)23-20(28)24-18(25)14-8-11-16(17(22)12-14)21(2,3)4/h6-12H,5H2,1-4H3,(H2,23,24,25,28). The van der Waals surface area contributed by atoms with Gasteiger partial charge in [-0.2, -0.15) is 0 Å². The lowest BCUT2D eigenvalue weighted by Crippen LogP contribution is -2.34. The summed E-state index contributed by atoms with van der Waals surface area (Å²) in [5.74, 6) is -0.684. The third-order valence-electron chi connectivity index (χ3n) is 3.92. The first-order chi connectivity index (χ1) is 13.1. The molecule has 2 N–H and O–H groups in total. The molecule has 0 aromatic heterocycles. The fraction of sp³-hybridized carbons (Fsp3) is 0.286. The summed E-state index contributed by atoms with van der Waals surface area (Å²) in [5, 5.41) is 5.75. The van der Waals surface area contributed by atoms with Crippen LogP contribution in [0.15, 0.2) is 46.9 Å². The molecular weight excluding hydrogens is 440 g/mol. The minimum Gasteiger partial charge on any atom is -0.462 e. The van der Waals surface area contributed by atoms with Crippen molar-refractivity contribution in [3.8, 4) is 0 Å². The highest BCUT2D eigenvalue weighted by Gasteiger charge is 2.18. The largest absolute Gasteiger partial charge is 0.462 e. The minimum atomic E-state index is -0.380. The Balaban J connectivity index is 2.00. The quantitative estimate of drug-likeness (QED) is 0.491. The zero-order valence-electron chi connectivity index (χ0n) is 16.3. The van der Waals surface area contributed by atoms with E-state index in [1.807, 2.05) is 6.07 Å². The third-order valence-corrected chi connectivity index (χ3v) is 4.78. The van der Waals surface area contributed by atoms with Crippen molar-refractivity contribution in [3.05, 3.63) is 63.6 Å². The molecule has 0 atom stereocenters. The van der Waals surface area contributed by atoms with Gasteiger partial charge in [0.05, 0.1) is 12.2 Å². The number of nitrogens with one attached hydrogen (secondary N) is 2. The Morgan fingerprint density at radius 3 is 2.21 bits per heavy atom. The van der Waals surface area contributed by atoms with Gasteiger partial charge in [0.2, 0.25) is 0 Å². The van der Waals surface area contributed by atoms with E-state index in [4.69, 9.17) is 17.0 Å². The molecule has 0 saturated carbocycles. The number of hydrogen-bond acceptors (Lipinski definition) is 4. The molecule has 5 nitrogen and oxygen atoms in total. The summed E-state index contributed by atoms with van der Waals surface area (Å²) in [4.78, 5) is 24.1. The molecule has 0 aliphatic rings. The minimum absolute atomic E-state index is 0.0274. The van der Waals surface area contributed by atoms with Crippen molar-refractivity contribution in [1.82, 2.24) is 5.32 Å². The Bertz CT molecular complexity index is 890. The normalized spacial score (nSPS) is 10.9. The van der Waals surface area contributed by atoms with Gasteiger partial charge in [-0.05, 0) is 66.5 Å². The molecule has 0 saturated heterocycles. The van der Waals surface area contributed by atoms with Crippen molar-refractivity contribution in [3.63, 3.8) is 0 Å². The lowest BCUT2D eigenvalue weighted by Gasteiger charge is -2.21. The smallest absolute Gasteiger partial charge is 0.338 e. The zero-order chi connectivity index (χ0) is 20.9. The molecule has 0 heterocycles. The zero-order valence-corrected chi connectivity index (χ0v) is 18.7. The van der Waals surface area contributed by atoms with Crippen molar-refractivity contribution in [1.29, 1.82) is 0 Å². The summed E-state index contributed by atoms with van der Waals surface area (Å²) in [5.41, 5.74) is 2.70. The van der Waals surface area contributed by atoms with Crippen LogP contribution in [0, 0.1) is 0 Å². The second-order valence-electron chi connectivity index (χ2n) is 7.15. The first-order valence-corrected chi connectivity index (χ1v) is 10.0. The molecule has 0 fully saturated rings. The number of carbonyl (C=O) groups is 2. The fourth-order valence-electron chi connectivity index (χ4n) is 2.51. The summed E-state index contributed by atoms with van der Waals surface area (Å²) in [6, 6.07) is 12.1. The topological polar surface area (TPSA) is 67.4 Å². The Morgan fingerprint density at radius 2 is 1.68 bits per heavy atom. The van der Waals surface area contributed by atoms with Crippen molar-refractivity contribution in [2.24, 2.45) is 0 Å². The van der Waals surface area contributed by atoms with Crippen LogP contribution in [0.4, 0.5) is 5.69 Å². The van der Waals surface area contributed by atoms with Crippen LogP contribution in [0.5, 0.6) is 0 Å². The molecule has 28 heavy (non-hydrogen) atoms. The molecule has 2 aromatic rings. The van der Waals surface area contributed by atoms with Crippen LogP contribution in [-0.4, -0.2) is 23.6 Å². The average Bonchev–Trinajstić information content (AvgIpc) is 2.61. The summed E-state index contributed by atoms with van der Waals surface area (Å²) in [6.45, 7) is 8.41. The number of esters is 1. The van der Waals surface area contributed by atoms with E-state index < -0.39 is 0 Å². The van der Waals surface area contributed by atoms with Gasteiger partial charge in [0.1, 0.15) is 0 Å². The number of halogens is 1. The fourth-order valence-corrected chi connectivity index (χ4v) is 3.69. The van der Waals surface area contributed by atoms with E-state index in [-0.39, 0.29) is 22.4 Å². The number of amides is 1. The third kappa shape index (κ3) is 5.87. The molecular formula is C21H23BrN2O3S. The number of ether oxygens (including phenoxy) is 1. The highest BCUT2D eigenvalue weighted by molar-refractivity contribution is 9.10. The van der Waals surface area contributed by atoms with Crippen LogP contribution >= 0.6 is 28.1 Å². The Morgan fingerprint density at radius 1 is 1.07 bits per heavy atom. The van der Waals surface area contributed by atoms with E-state index in [2.05, 4.69) is 47.3 Å². The van der Waals surface area contributed by atoms with Gasteiger partial charge >= 0.3 is 5.97 Å². The van der Waals surface area contributed by atoms with Crippen LogP contribution < -0.4 is 10.6 Å². The van der Waals surface area contributed by atoms with E-state index in [1.54, 1.807) is 43.3 Å². The number of benzene rings is 2. The van der Waals surface area contributed by atoms with E-state index in [0.717, 1.165) is 10.0 Å². The van der Waals surface area contributed by atoms with Crippen molar-refractivity contribution >= 4 is 50.8 Å². The molecule has 1 amide bonds. The highest BCUT2D eigenvalue weighted by atomic mass is 79.9. The number of thiocarbonyl (C=S) groups is 1. The Kier molecular flexibility index (Phi) is 7.32. The van der Waals surface area contributed by atoms with Crippen LogP contribution in [0.2, 0.25) is 0 Å².